The Balaban J connectivity index is 2.01. The lowest BCUT2D eigenvalue weighted by atomic mass is 10.2. The number of nitrogens with zero attached hydrogens (tertiary/aromatic N) is 4. The van der Waals surface area contributed by atoms with Gasteiger partial charge in [-0.3, -0.25) is 4.79 Å². The van der Waals surface area contributed by atoms with E-state index in [-0.39, 0.29) is 23.1 Å². The zero-order valence-corrected chi connectivity index (χ0v) is 12.8. The molecule has 1 aromatic heterocycles. The van der Waals surface area contributed by atoms with Crippen LogP contribution in [0.5, 0.6) is 6.01 Å². The Morgan fingerprint density at radius 1 is 1.43 bits per heavy atom. The second kappa shape index (κ2) is 7.37. The quantitative estimate of drug-likeness (QED) is 0.850. The first-order valence-electron chi connectivity index (χ1n) is 6.77. The van der Waals surface area contributed by atoms with E-state index in [2.05, 4.69) is 20.3 Å². The number of nitrogens with one attached hydrogen (secondary N) is 1. The number of rotatable bonds is 5. The van der Waals surface area contributed by atoms with Gasteiger partial charge in [-0.1, -0.05) is 0 Å². The fraction of sp³-hybridized carbons (Fsp3) is 0.667. The van der Waals surface area contributed by atoms with E-state index >= 15 is 0 Å². The van der Waals surface area contributed by atoms with Crippen LogP contribution in [0.4, 0.5) is 5.95 Å². The number of halogens is 1. The van der Waals surface area contributed by atoms with Gasteiger partial charge in [0.05, 0.1) is 19.8 Å². The van der Waals surface area contributed by atoms with Gasteiger partial charge >= 0.3 is 6.01 Å². The summed E-state index contributed by atoms with van der Waals surface area (Å²) in [4.78, 5) is 25.8. The molecule has 0 bridgehead atoms. The Bertz CT molecular complexity index is 496. The van der Waals surface area contributed by atoms with E-state index in [1.54, 1.807) is 11.8 Å². The number of aromatic nitrogens is 3. The summed E-state index contributed by atoms with van der Waals surface area (Å²) in [6.45, 7) is 6.28. The van der Waals surface area contributed by atoms with Crippen molar-refractivity contribution in [2.24, 2.45) is 0 Å². The normalized spacial score (nSPS) is 16.4. The minimum Gasteiger partial charge on any atom is -0.464 e. The first-order valence-corrected chi connectivity index (χ1v) is 7.15. The van der Waals surface area contributed by atoms with Crippen molar-refractivity contribution in [3.63, 3.8) is 0 Å². The number of ether oxygens (including phenoxy) is 2. The van der Waals surface area contributed by atoms with Crippen molar-refractivity contribution in [3.05, 3.63) is 5.28 Å². The molecule has 0 aliphatic carbocycles. The van der Waals surface area contributed by atoms with Crippen LogP contribution < -0.4 is 10.1 Å². The van der Waals surface area contributed by atoms with Crippen LogP contribution in [-0.4, -0.2) is 64.7 Å². The Morgan fingerprint density at radius 3 is 2.81 bits per heavy atom. The summed E-state index contributed by atoms with van der Waals surface area (Å²) in [5, 5.41) is 2.94. The monoisotopic (exact) mass is 315 g/mol. The molecule has 1 aromatic rings. The van der Waals surface area contributed by atoms with Crippen LogP contribution in [0, 0.1) is 0 Å². The average molecular weight is 316 g/mol. The zero-order chi connectivity index (χ0) is 15.2. The zero-order valence-electron chi connectivity index (χ0n) is 12.0. The van der Waals surface area contributed by atoms with Crippen molar-refractivity contribution in [3.8, 4) is 6.01 Å². The number of amides is 1. The van der Waals surface area contributed by atoms with Crippen LogP contribution in [0.3, 0.4) is 0 Å². The number of carbonyl (C=O) groups is 1. The molecule has 21 heavy (non-hydrogen) atoms. The predicted molar refractivity (Wildman–Crippen MR) is 76.5 cm³/mol. The smallest absolute Gasteiger partial charge is 0.322 e. The number of carbonyl (C=O) groups excluding carboxylic acids is 1. The summed E-state index contributed by atoms with van der Waals surface area (Å²) in [6, 6.07) is -0.345. The molecule has 1 unspecified atom stereocenters. The van der Waals surface area contributed by atoms with Crippen molar-refractivity contribution in [1.29, 1.82) is 0 Å². The maximum Gasteiger partial charge on any atom is 0.322 e. The van der Waals surface area contributed by atoms with Gasteiger partial charge in [0, 0.05) is 13.1 Å². The van der Waals surface area contributed by atoms with E-state index in [0.29, 0.717) is 32.9 Å². The third-order valence-electron chi connectivity index (χ3n) is 2.90. The summed E-state index contributed by atoms with van der Waals surface area (Å²) >= 11 is 5.80. The lowest BCUT2D eigenvalue weighted by molar-refractivity contribution is -0.135. The maximum absolute atomic E-state index is 12.3. The molecule has 1 fully saturated rings. The van der Waals surface area contributed by atoms with Crippen molar-refractivity contribution in [2.45, 2.75) is 19.9 Å². The highest BCUT2D eigenvalue weighted by Gasteiger charge is 2.23. The Kier molecular flexibility index (Phi) is 5.51. The van der Waals surface area contributed by atoms with Crippen molar-refractivity contribution in [2.75, 3.05) is 38.2 Å². The van der Waals surface area contributed by atoms with Crippen molar-refractivity contribution < 1.29 is 14.3 Å². The summed E-state index contributed by atoms with van der Waals surface area (Å²) in [7, 11) is 0. The van der Waals surface area contributed by atoms with Crippen molar-refractivity contribution >= 4 is 23.5 Å². The Labute approximate surface area is 127 Å². The second-order valence-corrected chi connectivity index (χ2v) is 4.79. The molecule has 1 aliphatic rings. The largest absolute Gasteiger partial charge is 0.464 e. The first kappa shape index (κ1) is 15.7. The minimum absolute atomic E-state index is 0.0157. The van der Waals surface area contributed by atoms with E-state index in [1.165, 1.54) is 0 Å². The van der Waals surface area contributed by atoms with Crippen LogP contribution in [0.25, 0.3) is 0 Å². The van der Waals surface area contributed by atoms with Gasteiger partial charge in [0.2, 0.25) is 17.1 Å². The summed E-state index contributed by atoms with van der Waals surface area (Å²) in [5.74, 6) is 0.181. The fourth-order valence-electron chi connectivity index (χ4n) is 1.90. The first-order chi connectivity index (χ1) is 10.1. The number of hydrogen-bond donors (Lipinski definition) is 1. The van der Waals surface area contributed by atoms with E-state index < -0.39 is 6.04 Å². The van der Waals surface area contributed by atoms with E-state index in [1.807, 2.05) is 6.92 Å². The standard InChI is InChI=1S/C12H18ClN5O3/c1-3-21-12-16-10(13)15-11(17-12)14-8(2)9(19)18-4-6-20-7-5-18/h8H,3-7H2,1-2H3,(H,14,15,16,17). The number of morpholine rings is 1. The molecule has 2 rings (SSSR count). The topological polar surface area (TPSA) is 89.5 Å². The second-order valence-electron chi connectivity index (χ2n) is 4.45. The molecule has 0 spiro atoms. The molecule has 2 heterocycles. The third-order valence-corrected chi connectivity index (χ3v) is 3.07. The average Bonchev–Trinajstić information content (AvgIpc) is 2.47. The minimum atomic E-state index is -0.476. The van der Waals surface area contributed by atoms with Gasteiger partial charge < -0.3 is 19.7 Å². The summed E-state index contributed by atoms with van der Waals surface area (Å²) in [5.41, 5.74) is 0. The number of hydrogen-bond acceptors (Lipinski definition) is 7. The van der Waals surface area contributed by atoms with E-state index in [9.17, 15) is 4.79 Å². The fourth-order valence-corrected chi connectivity index (χ4v) is 2.06. The van der Waals surface area contributed by atoms with E-state index in [4.69, 9.17) is 21.1 Å². The van der Waals surface area contributed by atoms with Crippen LogP contribution in [-0.2, 0) is 9.53 Å². The molecular weight excluding hydrogens is 298 g/mol. The van der Waals surface area contributed by atoms with Gasteiger partial charge in [0.1, 0.15) is 6.04 Å². The molecule has 0 aromatic carbocycles. The molecule has 1 saturated heterocycles. The maximum atomic E-state index is 12.3. The van der Waals surface area contributed by atoms with Gasteiger partial charge in [0.15, 0.2) is 0 Å². The molecule has 9 heteroatoms. The third kappa shape index (κ3) is 4.40. The highest BCUT2D eigenvalue weighted by atomic mass is 35.5. The van der Waals surface area contributed by atoms with Gasteiger partial charge in [-0.15, -0.1) is 0 Å². The highest BCUT2D eigenvalue weighted by molar-refractivity contribution is 6.28. The molecule has 116 valence electrons. The van der Waals surface area contributed by atoms with Crippen molar-refractivity contribution in [1.82, 2.24) is 19.9 Å². The van der Waals surface area contributed by atoms with Crippen LogP contribution >= 0.6 is 11.6 Å². The van der Waals surface area contributed by atoms with Crippen LogP contribution in [0.15, 0.2) is 0 Å². The molecule has 1 atom stereocenters. The lowest BCUT2D eigenvalue weighted by Crippen LogP contribution is -2.47. The van der Waals surface area contributed by atoms with Gasteiger partial charge in [0.25, 0.3) is 0 Å². The lowest BCUT2D eigenvalue weighted by Gasteiger charge is -2.29. The molecule has 1 aliphatic heterocycles. The molecular formula is C12H18ClN5O3. The molecule has 0 radical (unpaired) electrons. The SMILES string of the molecule is CCOc1nc(Cl)nc(NC(C)C(=O)N2CCOCC2)n1. The molecule has 8 nitrogen and oxygen atoms in total. The number of anilines is 1. The van der Waals surface area contributed by atoms with Crippen LogP contribution in [0.1, 0.15) is 13.8 Å². The Morgan fingerprint density at radius 2 is 2.14 bits per heavy atom. The molecule has 1 N–H and O–H groups in total. The molecule has 1 amide bonds. The molecule has 0 saturated carbocycles. The van der Waals surface area contributed by atoms with Crippen LogP contribution in [0.2, 0.25) is 5.28 Å². The summed E-state index contributed by atoms with van der Waals surface area (Å²) < 4.78 is 10.4. The Hall–Kier alpha value is -1.67. The summed E-state index contributed by atoms with van der Waals surface area (Å²) in [6.07, 6.45) is 0. The van der Waals surface area contributed by atoms with Gasteiger partial charge in [-0.05, 0) is 25.4 Å². The predicted octanol–water partition coefficient (Wildman–Crippen LogP) is 0.583. The van der Waals surface area contributed by atoms with Gasteiger partial charge in [-0.2, -0.15) is 15.0 Å². The van der Waals surface area contributed by atoms with Gasteiger partial charge in [-0.25, -0.2) is 0 Å². The highest BCUT2D eigenvalue weighted by Crippen LogP contribution is 2.13. The van der Waals surface area contributed by atoms with E-state index in [0.717, 1.165) is 0 Å².